The smallest absolute Gasteiger partial charge is 0.223 e. The molecule has 2 aromatic carbocycles. The zero-order valence-electron chi connectivity index (χ0n) is 39.8. The monoisotopic (exact) mass is 1040 g/mol. The molecule has 0 bridgehead atoms. The number of nitriles is 1. The highest BCUT2D eigenvalue weighted by Gasteiger charge is 2.45. The molecule has 1 amide bonds. The molecule has 17 nitrogen and oxygen atoms in total. The molecule has 4 N–H and O–H groups in total. The van der Waals surface area contributed by atoms with E-state index in [4.69, 9.17) is 82.3 Å². The Morgan fingerprint density at radius 2 is 1.46 bits per heavy atom. The molecule has 7 atom stereocenters. The van der Waals surface area contributed by atoms with Gasteiger partial charge in [-0.1, -0.05) is 58.5 Å². The van der Waals surface area contributed by atoms with E-state index < -0.39 is 17.9 Å². The molecule has 71 heavy (non-hydrogen) atoms. The third-order valence-corrected chi connectivity index (χ3v) is 16.7. The number of hydrogen-bond acceptors (Lipinski definition) is 14. The molecule has 4 aliphatic heterocycles. The Kier molecular flexibility index (Phi) is 14.6. The van der Waals surface area contributed by atoms with E-state index in [0.29, 0.717) is 99.1 Å². The van der Waals surface area contributed by atoms with Crippen molar-refractivity contribution >= 4 is 86.3 Å². The number of primary amides is 1. The maximum atomic E-state index is 13.5. The van der Waals surface area contributed by atoms with Crippen LogP contribution in [0.4, 0.5) is 11.6 Å². The van der Waals surface area contributed by atoms with Crippen molar-refractivity contribution in [3.05, 3.63) is 91.4 Å². The van der Waals surface area contributed by atoms with Crippen molar-refractivity contribution < 1.29 is 15.0 Å². The molecule has 4 saturated heterocycles. The summed E-state index contributed by atoms with van der Waals surface area (Å²) in [4.78, 5) is 42.5. The highest BCUT2D eigenvalue weighted by Crippen LogP contribution is 2.41. The number of carbonyl (C=O) groups excluding carboxylic acids is 1. The number of anilines is 2. The molecule has 0 saturated carbocycles. The van der Waals surface area contributed by atoms with E-state index in [2.05, 4.69) is 25.7 Å². The van der Waals surface area contributed by atoms with E-state index >= 15 is 0 Å². The summed E-state index contributed by atoms with van der Waals surface area (Å²) in [6.45, 7) is 9.07. The summed E-state index contributed by atoms with van der Waals surface area (Å²) >= 11 is 26.4. The van der Waals surface area contributed by atoms with Gasteiger partial charge in [-0.25, -0.2) is 29.3 Å². The first-order valence-corrected chi connectivity index (χ1v) is 26.1. The number of fused-ring (bicyclic) bond motifs is 2. The second kappa shape index (κ2) is 20.9. The number of rotatable bonds is 13. The highest BCUT2D eigenvalue weighted by molar-refractivity contribution is 6.35. The minimum atomic E-state index is -0.585. The Hall–Kier alpha value is -4.90. The average molecular weight is 1040 g/mol. The number of nitrogens with two attached hydrogens (primary N) is 1. The minimum absolute atomic E-state index is 0.00329. The summed E-state index contributed by atoms with van der Waals surface area (Å²) in [6.07, 6.45) is 9.34. The number of nitrogens with zero attached hydrogens (tertiary/aromatic N) is 13. The number of aromatic nitrogens is 8. The van der Waals surface area contributed by atoms with Crippen molar-refractivity contribution in [3.8, 4) is 6.07 Å². The number of aliphatic hydroxyl groups excluding tert-OH is 2. The van der Waals surface area contributed by atoms with Crippen LogP contribution < -0.4 is 15.5 Å². The maximum absolute atomic E-state index is 13.5. The van der Waals surface area contributed by atoms with Crippen molar-refractivity contribution in [3.63, 3.8) is 0 Å². The van der Waals surface area contributed by atoms with E-state index in [-0.39, 0.29) is 43.0 Å². The Bertz CT molecular complexity index is 2970. The van der Waals surface area contributed by atoms with Gasteiger partial charge in [0.05, 0.1) is 42.7 Å². The number of hydrogen-bond donors (Lipinski definition) is 3. The third kappa shape index (κ3) is 9.86. The standard InChI is InChI=1S/C50H58Cl4N14O3/c1-28-46-49(67(61-28)29(2)36-7-5-32(51)18-39(36)53)60-45(22-57-46)65-15-11-42(38(25-65)48(56)71)66-24-31(16-35(66)27-70)17-43(37-8-6-33(52)19-40(37)54)68-50-47(41(20-55)62-68)58-21-44(59-50)63-13-9-34(10-14-63)64-12-3-4-30(23-64)26-69/h5-8,18-19,21-22,29-31,34-35,38,42-43,69-70H,3-4,9-17,23-27H2,1-2H3,(H2,56,71). The van der Waals surface area contributed by atoms with Gasteiger partial charge in [-0.05, 0) is 113 Å². The van der Waals surface area contributed by atoms with Gasteiger partial charge in [0.25, 0.3) is 0 Å². The average Bonchev–Trinajstić information content (AvgIpc) is 4.07. The molecule has 10 rings (SSSR count). The molecule has 0 spiro atoms. The summed E-state index contributed by atoms with van der Waals surface area (Å²) in [5, 5.41) is 42.9. The predicted octanol–water partition coefficient (Wildman–Crippen LogP) is 7.08. The van der Waals surface area contributed by atoms with Crippen LogP contribution in [0.15, 0.2) is 48.8 Å². The van der Waals surface area contributed by atoms with Gasteiger partial charge >= 0.3 is 0 Å². The molecule has 4 aromatic heterocycles. The maximum Gasteiger partial charge on any atom is 0.223 e. The van der Waals surface area contributed by atoms with Crippen LogP contribution in [0.3, 0.4) is 0 Å². The van der Waals surface area contributed by atoms with Crippen LogP contribution in [0.1, 0.15) is 86.5 Å². The molecule has 21 heteroatoms. The topological polar surface area (TPSA) is 208 Å². The van der Waals surface area contributed by atoms with Crippen LogP contribution in [-0.4, -0.2) is 143 Å². The van der Waals surface area contributed by atoms with Gasteiger partial charge in [0.15, 0.2) is 17.0 Å². The van der Waals surface area contributed by atoms with Crippen molar-refractivity contribution in [1.82, 2.24) is 49.3 Å². The molecular formula is C50H58Cl4N14O3. The molecule has 0 radical (unpaired) electrons. The Morgan fingerprint density at radius 3 is 2.13 bits per heavy atom. The first-order valence-electron chi connectivity index (χ1n) is 24.6. The summed E-state index contributed by atoms with van der Waals surface area (Å²) in [5.74, 6) is 0.643. The number of aliphatic hydroxyl groups is 2. The molecule has 374 valence electrons. The number of likely N-dealkylation sites (tertiary alicyclic amines) is 2. The summed E-state index contributed by atoms with van der Waals surface area (Å²) < 4.78 is 3.62. The Balaban J connectivity index is 0.897. The highest BCUT2D eigenvalue weighted by atomic mass is 35.5. The van der Waals surface area contributed by atoms with Gasteiger partial charge in [0.2, 0.25) is 5.91 Å². The molecular weight excluding hydrogens is 986 g/mol. The van der Waals surface area contributed by atoms with Crippen LogP contribution in [-0.2, 0) is 4.79 Å². The SMILES string of the molecule is Cc1nn(C(C)c2ccc(Cl)cc2Cl)c2nc(N3CCC(N4CC(CC(c5ccc(Cl)cc5Cl)n5nc(C#N)c6ncc(N7CCC(N8CCCC(CO)C8)CC7)nc65)CC4CO)C(C(N)=O)C3)cnc12. The molecule has 4 fully saturated rings. The van der Waals surface area contributed by atoms with Crippen LogP contribution in [0.5, 0.6) is 0 Å². The minimum Gasteiger partial charge on any atom is -0.396 e. The number of halogens is 4. The zero-order chi connectivity index (χ0) is 49.7. The number of carbonyl (C=O) groups is 1. The van der Waals surface area contributed by atoms with Crippen LogP contribution in [0, 0.1) is 36.0 Å². The third-order valence-electron chi connectivity index (χ3n) is 15.6. The van der Waals surface area contributed by atoms with Gasteiger partial charge in [-0.15, -0.1) is 0 Å². The van der Waals surface area contributed by atoms with Gasteiger partial charge in [0, 0.05) is 84.1 Å². The second-order valence-electron chi connectivity index (χ2n) is 19.8. The summed E-state index contributed by atoms with van der Waals surface area (Å²) in [7, 11) is 0. The van der Waals surface area contributed by atoms with Crippen LogP contribution in [0.2, 0.25) is 20.1 Å². The summed E-state index contributed by atoms with van der Waals surface area (Å²) in [5.41, 5.74) is 10.9. The molecule has 4 aliphatic rings. The van der Waals surface area contributed by atoms with Crippen molar-refractivity contribution in [2.24, 2.45) is 23.5 Å². The van der Waals surface area contributed by atoms with Crippen LogP contribution in [0.25, 0.3) is 22.3 Å². The lowest BCUT2D eigenvalue weighted by Gasteiger charge is -2.43. The Morgan fingerprint density at radius 1 is 0.803 bits per heavy atom. The molecule has 7 unspecified atom stereocenters. The van der Waals surface area contributed by atoms with Gasteiger partial charge in [-0.2, -0.15) is 15.5 Å². The van der Waals surface area contributed by atoms with Gasteiger partial charge in [0.1, 0.15) is 28.7 Å². The van der Waals surface area contributed by atoms with Crippen molar-refractivity contribution in [1.29, 1.82) is 5.26 Å². The second-order valence-corrected chi connectivity index (χ2v) is 21.5. The summed E-state index contributed by atoms with van der Waals surface area (Å²) in [6, 6.07) is 12.3. The lowest BCUT2D eigenvalue weighted by molar-refractivity contribution is -0.124. The van der Waals surface area contributed by atoms with Crippen molar-refractivity contribution in [2.45, 2.75) is 89.0 Å². The number of aryl methyl sites for hydroxylation is 1. The first-order chi connectivity index (χ1) is 34.3. The van der Waals surface area contributed by atoms with E-state index in [0.717, 1.165) is 74.5 Å². The fourth-order valence-corrected chi connectivity index (χ4v) is 13.0. The van der Waals surface area contributed by atoms with E-state index in [1.165, 1.54) is 0 Å². The first kappa shape index (κ1) is 49.7. The lowest BCUT2D eigenvalue weighted by Crippen LogP contribution is -2.57. The van der Waals surface area contributed by atoms with Gasteiger partial charge < -0.3 is 25.7 Å². The van der Waals surface area contributed by atoms with Crippen LogP contribution >= 0.6 is 46.4 Å². The van der Waals surface area contributed by atoms with E-state index in [9.17, 15) is 20.3 Å². The lowest BCUT2D eigenvalue weighted by atomic mass is 9.89. The molecule has 6 aromatic rings. The largest absolute Gasteiger partial charge is 0.396 e. The number of amides is 1. The number of piperidine rings is 3. The fraction of sp³-hybridized carbons (Fsp3) is 0.520. The number of benzene rings is 2. The zero-order valence-corrected chi connectivity index (χ0v) is 42.8. The van der Waals surface area contributed by atoms with Gasteiger partial charge in [-0.3, -0.25) is 14.6 Å². The molecule has 8 heterocycles. The van der Waals surface area contributed by atoms with E-state index in [1.54, 1.807) is 41.3 Å². The quantitative estimate of drug-likeness (QED) is 0.106. The van der Waals surface area contributed by atoms with E-state index in [1.807, 2.05) is 30.7 Å². The molecule has 0 aliphatic carbocycles. The predicted molar refractivity (Wildman–Crippen MR) is 275 cm³/mol. The Labute approximate surface area is 432 Å². The fourth-order valence-electron chi connectivity index (χ4n) is 11.9. The van der Waals surface area contributed by atoms with Crippen molar-refractivity contribution in [2.75, 3.05) is 68.8 Å². The normalized spacial score (nSPS) is 23.7.